The number of rotatable bonds is 5. The molecule has 0 saturated heterocycles. The van der Waals surface area contributed by atoms with E-state index in [0.717, 1.165) is 0 Å². The van der Waals surface area contributed by atoms with Crippen LogP contribution in [0.15, 0.2) is 54.7 Å². The third kappa shape index (κ3) is 5.19. The lowest BCUT2D eigenvalue weighted by molar-refractivity contribution is -0.137. The average molecular weight is 578 g/mol. The summed E-state index contributed by atoms with van der Waals surface area (Å²) in [4.78, 5) is 55.8. The molecule has 2 aromatic carbocycles. The molecule has 0 radical (unpaired) electrons. The van der Waals surface area contributed by atoms with Gasteiger partial charge in [0.2, 0.25) is 0 Å². The molecule has 0 aliphatic carbocycles. The largest absolute Gasteiger partial charge is 0.361 e. The maximum absolute atomic E-state index is 13.6. The lowest BCUT2D eigenvalue weighted by Gasteiger charge is -2.19. The van der Waals surface area contributed by atoms with E-state index in [-0.39, 0.29) is 33.4 Å². The number of ketones is 1. The maximum Gasteiger partial charge on any atom is 0.323 e. The van der Waals surface area contributed by atoms with Gasteiger partial charge in [0.25, 0.3) is 5.78 Å². The Morgan fingerprint density at radius 2 is 1.59 bits per heavy atom. The van der Waals surface area contributed by atoms with Crippen molar-refractivity contribution in [2.75, 3.05) is 4.90 Å². The first-order chi connectivity index (χ1) is 17.5. The summed E-state index contributed by atoms with van der Waals surface area (Å²) >= 11 is 25.2. The van der Waals surface area contributed by atoms with Crippen molar-refractivity contribution in [1.82, 2.24) is 9.55 Å². The zero-order valence-electron chi connectivity index (χ0n) is 19.0. The molecular weight excluding hydrogens is 562 g/mol. The predicted molar refractivity (Wildman–Crippen MR) is 143 cm³/mol. The van der Waals surface area contributed by atoms with E-state index in [9.17, 15) is 19.2 Å². The molecule has 0 bridgehead atoms. The van der Waals surface area contributed by atoms with E-state index >= 15 is 0 Å². The van der Waals surface area contributed by atoms with Gasteiger partial charge in [-0.25, -0.2) is 4.90 Å². The lowest BCUT2D eigenvalue weighted by Crippen LogP contribution is -2.47. The van der Waals surface area contributed by atoms with E-state index in [0.29, 0.717) is 31.7 Å². The first kappa shape index (κ1) is 26.6. The van der Waals surface area contributed by atoms with Crippen LogP contribution < -0.4 is 10.6 Å². The number of pyridine rings is 1. The van der Waals surface area contributed by atoms with Crippen LogP contribution in [0.5, 0.6) is 0 Å². The van der Waals surface area contributed by atoms with Crippen molar-refractivity contribution in [3.63, 3.8) is 0 Å². The third-order valence-electron chi connectivity index (χ3n) is 5.48. The molecule has 0 atom stereocenters. The van der Waals surface area contributed by atoms with Crippen LogP contribution in [0.3, 0.4) is 0 Å². The highest BCUT2D eigenvalue weighted by Crippen LogP contribution is 2.35. The summed E-state index contributed by atoms with van der Waals surface area (Å²) in [6, 6.07) is 12.3. The molecule has 4 rings (SSSR count). The van der Waals surface area contributed by atoms with Gasteiger partial charge in [-0.15, -0.1) is 0 Å². The highest BCUT2D eigenvalue weighted by atomic mass is 35.5. The van der Waals surface area contributed by atoms with Gasteiger partial charge in [0.15, 0.2) is 0 Å². The molecule has 3 amide bonds. The number of hydrogen-bond acceptors (Lipinski definition) is 5. The molecule has 4 aromatic rings. The van der Waals surface area contributed by atoms with Crippen LogP contribution in [0.1, 0.15) is 21.6 Å². The number of halogens is 4. The number of aryl methyl sites for hydroxylation is 1. The third-order valence-corrected chi connectivity index (χ3v) is 6.70. The van der Waals surface area contributed by atoms with Gasteiger partial charge in [-0.1, -0.05) is 52.5 Å². The number of fused-ring (bicyclic) bond motifs is 1. The second kappa shape index (κ2) is 10.5. The number of hydrogen-bond donors (Lipinski definition) is 1. The van der Waals surface area contributed by atoms with Gasteiger partial charge in [0.1, 0.15) is 5.15 Å². The fourth-order valence-electron chi connectivity index (χ4n) is 3.80. The monoisotopic (exact) mass is 576 g/mol. The number of amides is 3. The molecule has 37 heavy (non-hydrogen) atoms. The Morgan fingerprint density at radius 3 is 2.24 bits per heavy atom. The number of Topliss-reactive ketones (excluding diaryl/α,β-unsaturated/α-hetero) is 1. The number of carbonyl (C=O) groups excluding carboxylic acids is 4. The number of carbonyl (C=O) groups is 4. The Hall–Kier alpha value is -3.43. The molecule has 0 saturated carbocycles. The van der Waals surface area contributed by atoms with E-state index in [1.165, 1.54) is 24.4 Å². The highest BCUT2D eigenvalue weighted by Gasteiger charge is 2.36. The Kier molecular flexibility index (Phi) is 7.57. The second-order valence-electron chi connectivity index (χ2n) is 7.94. The van der Waals surface area contributed by atoms with Gasteiger partial charge in [0.05, 0.1) is 23.3 Å². The Morgan fingerprint density at radius 1 is 0.919 bits per heavy atom. The van der Waals surface area contributed by atoms with Crippen LogP contribution in [-0.2, 0) is 20.9 Å². The smallest absolute Gasteiger partial charge is 0.323 e. The molecule has 0 aliphatic heterocycles. The fourth-order valence-corrected chi connectivity index (χ4v) is 4.78. The second-order valence-corrected chi connectivity index (χ2v) is 9.58. The number of anilines is 1. The molecule has 0 unspecified atom stereocenters. The predicted octanol–water partition coefficient (Wildman–Crippen LogP) is 5.23. The van der Waals surface area contributed by atoms with E-state index in [1.54, 1.807) is 41.8 Å². The molecule has 2 N–H and O–H groups in total. The van der Waals surface area contributed by atoms with Gasteiger partial charge in [-0.2, -0.15) is 0 Å². The summed E-state index contributed by atoms with van der Waals surface area (Å²) in [6.45, 7) is 1.74. The van der Waals surface area contributed by atoms with Crippen molar-refractivity contribution in [3.05, 3.63) is 91.8 Å². The minimum absolute atomic E-state index is 0.0551. The molecule has 188 valence electrons. The van der Waals surface area contributed by atoms with Gasteiger partial charge >= 0.3 is 17.7 Å². The normalized spacial score (nSPS) is 10.9. The van der Waals surface area contributed by atoms with Crippen molar-refractivity contribution in [2.24, 2.45) is 5.73 Å². The van der Waals surface area contributed by atoms with E-state index < -0.39 is 23.5 Å². The SMILES string of the molecule is Cc1cc(N(C(=O)C(N)=O)C(=O)C(=O)c2c(Cl)n(Cc3ccc(Cl)cc3Cl)c3ccc(Cl)cc23)ccn1. The van der Waals surface area contributed by atoms with E-state index in [4.69, 9.17) is 52.1 Å². The lowest BCUT2D eigenvalue weighted by atomic mass is 10.1. The minimum Gasteiger partial charge on any atom is -0.361 e. The Labute approximate surface area is 230 Å². The number of imide groups is 1. The quantitative estimate of drug-likeness (QED) is 0.257. The summed E-state index contributed by atoms with van der Waals surface area (Å²) in [5.41, 5.74) is 6.45. The molecular formula is C25H16Cl4N4O4. The number of benzene rings is 2. The van der Waals surface area contributed by atoms with Crippen LogP contribution in [0.4, 0.5) is 5.69 Å². The Balaban J connectivity index is 1.86. The van der Waals surface area contributed by atoms with Crippen molar-refractivity contribution in [1.29, 1.82) is 0 Å². The number of aromatic nitrogens is 2. The summed E-state index contributed by atoms with van der Waals surface area (Å²) in [5, 5.41) is 1.25. The minimum atomic E-state index is -1.43. The van der Waals surface area contributed by atoms with Crippen molar-refractivity contribution in [2.45, 2.75) is 13.5 Å². The van der Waals surface area contributed by atoms with Crippen LogP contribution >= 0.6 is 46.4 Å². The van der Waals surface area contributed by atoms with Crippen LogP contribution in [0.2, 0.25) is 20.2 Å². The van der Waals surface area contributed by atoms with Crippen LogP contribution in [-0.4, -0.2) is 33.1 Å². The molecule has 2 heterocycles. The molecule has 12 heteroatoms. The van der Waals surface area contributed by atoms with E-state index in [1.807, 2.05) is 0 Å². The molecule has 2 aromatic heterocycles. The van der Waals surface area contributed by atoms with Crippen molar-refractivity contribution >= 4 is 86.5 Å². The molecule has 8 nitrogen and oxygen atoms in total. The summed E-state index contributed by atoms with van der Waals surface area (Å²) in [7, 11) is 0. The van der Waals surface area contributed by atoms with Gasteiger partial charge in [-0.05, 0) is 55.0 Å². The van der Waals surface area contributed by atoms with Crippen LogP contribution in [0, 0.1) is 6.92 Å². The number of nitrogens with zero attached hydrogens (tertiary/aromatic N) is 3. The molecule has 0 spiro atoms. The zero-order chi connectivity index (χ0) is 27.0. The topological polar surface area (TPSA) is 115 Å². The fraction of sp³-hybridized carbons (Fsp3) is 0.0800. The van der Waals surface area contributed by atoms with Crippen LogP contribution in [0.25, 0.3) is 10.9 Å². The summed E-state index contributed by atoms with van der Waals surface area (Å²) < 4.78 is 1.57. The summed E-state index contributed by atoms with van der Waals surface area (Å²) in [5.74, 6) is -5.30. The maximum atomic E-state index is 13.6. The zero-order valence-corrected chi connectivity index (χ0v) is 22.0. The van der Waals surface area contributed by atoms with Gasteiger partial charge in [0, 0.05) is 32.3 Å². The van der Waals surface area contributed by atoms with Gasteiger partial charge < -0.3 is 10.3 Å². The Bertz CT molecular complexity index is 1620. The summed E-state index contributed by atoms with van der Waals surface area (Å²) in [6.07, 6.45) is 1.32. The van der Waals surface area contributed by atoms with Crippen molar-refractivity contribution in [3.8, 4) is 0 Å². The van der Waals surface area contributed by atoms with E-state index in [2.05, 4.69) is 4.98 Å². The van der Waals surface area contributed by atoms with Crippen molar-refractivity contribution < 1.29 is 19.2 Å². The number of nitrogens with two attached hydrogens (primary N) is 1. The highest BCUT2D eigenvalue weighted by molar-refractivity contribution is 6.59. The first-order valence-corrected chi connectivity index (χ1v) is 12.1. The molecule has 0 aliphatic rings. The standard InChI is InChI=1S/C25H16Cl4N4O4/c1-12-8-16(6-7-31-12)33(25(37)23(30)35)24(36)21(34)20-17-9-14(26)4-5-19(17)32(22(20)29)11-13-2-3-15(27)10-18(13)28/h2-10H,11H2,1H3,(H2,30,35). The molecule has 0 fully saturated rings. The van der Waals surface area contributed by atoms with Gasteiger partial charge in [-0.3, -0.25) is 24.2 Å². The average Bonchev–Trinajstić information content (AvgIpc) is 3.10. The number of primary amides is 1. The first-order valence-electron chi connectivity index (χ1n) is 10.6.